The first kappa shape index (κ1) is 13.1. The Morgan fingerprint density at radius 1 is 1.32 bits per heavy atom. The summed E-state index contributed by atoms with van der Waals surface area (Å²) in [5.41, 5.74) is 9.25. The van der Waals surface area contributed by atoms with Gasteiger partial charge < -0.3 is 10.5 Å². The fourth-order valence-electron chi connectivity index (χ4n) is 3.37. The predicted molar refractivity (Wildman–Crippen MR) is 78.2 cm³/mol. The third kappa shape index (κ3) is 2.56. The first-order valence-electron chi connectivity index (χ1n) is 7.63. The normalized spacial score (nSPS) is 23.5. The fourth-order valence-corrected chi connectivity index (χ4v) is 3.37. The number of hydrogen-bond donors (Lipinski definition) is 1. The van der Waals surface area contributed by atoms with E-state index in [2.05, 4.69) is 24.3 Å². The lowest BCUT2D eigenvalue weighted by Crippen LogP contribution is -2.41. The van der Waals surface area contributed by atoms with Gasteiger partial charge in [0, 0.05) is 13.2 Å². The lowest BCUT2D eigenvalue weighted by Gasteiger charge is -2.42. The van der Waals surface area contributed by atoms with E-state index < -0.39 is 0 Å². The predicted octanol–water partition coefficient (Wildman–Crippen LogP) is 3.91. The van der Waals surface area contributed by atoms with Gasteiger partial charge in [0.05, 0.1) is 5.60 Å². The molecule has 0 bridgehead atoms. The maximum Gasteiger partial charge on any atom is 0.0696 e. The Labute approximate surface area is 116 Å². The number of benzene rings is 1. The molecule has 0 spiro atoms. The second kappa shape index (κ2) is 5.26. The van der Waals surface area contributed by atoms with E-state index >= 15 is 0 Å². The summed E-state index contributed by atoms with van der Waals surface area (Å²) in [5, 5.41) is 0. The molecule has 0 heterocycles. The largest absolute Gasteiger partial charge is 0.378 e. The Morgan fingerprint density at radius 2 is 2.11 bits per heavy atom. The molecule has 3 rings (SSSR count). The third-order valence-corrected chi connectivity index (χ3v) is 5.21. The Balaban J connectivity index is 1.70. The standard InChI is InChI=1S/C17H25NO/c1-19-17(9-4-10-17)12-16(18)15-8-3-7-14(11-15)13-5-2-6-13/h3,7-8,11,13,16H,2,4-6,9-10,12,18H2,1H3. The maximum absolute atomic E-state index is 6.41. The summed E-state index contributed by atoms with van der Waals surface area (Å²) >= 11 is 0. The summed E-state index contributed by atoms with van der Waals surface area (Å²) in [5.74, 6) is 0.784. The van der Waals surface area contributed by atoms with Crippen molar-refractivity contribution in [3.8, 4) is 0 Å². The molecule has 2 nitrogen and oxygen atoms in total. The molecule has 104 valence electrons. The van der Waals surface area contributed by atoms with Gasteiger partial charge in [0.25, 0.3) is 0 Å². The highest BCUT2D eigenvalue weighted by molar-refractivity contribution is 5.29. The molecule has 2 N–H and O–H groups in total. The van der Waals surface area contributed by atoms with Gasteiger partial charge in [-0.3, -0.25) is 0 Å². The highest BCUT2D eigenvalue weighted by atomic mass is 16.5. The molecule has 1 aromatic rings. The minimum Gasteiger partial charge on any atom is -0.378 e. The molecule has 0 amide bonds. The molecule has 1 unspecified atom stereocenters. The SMILES string of the molecule is COC1(CC(N)c2cccc(C3CCC3)c2)CCC1. The van der Waals surface area contributed by atoms with Gasteiger partial charge >= 0.3 is 0 Å². The molecule has 2 aliphatic rings. The van der Waals surface area contributed by atoms with Gasteiger partial charge in [0.2, 0.25) is 0 Å². The van der Waals surface area contributed by atoms with E-state index in [1.54, 1.807) is 0 Å². The van der Waals surface area contributed by atoms with Crippen molar-refractivity contribution in [3.63, 3.8) is 0 Å². The maximum atomic E-state index is 6.41. The number of methoxy groups -OCH3 is 1. The van der Waals surface area contributed by atoms with Gasteiger partial charge in [-0.25, -0.2) is 0 Å². The molecule has 19 heavy (non-hydrogen) atoms. The van der Waals surface area contributed by atoms with Crippen molar-refractivity contribution in [2.75, 3.05) is 7.11 Å². The van der Waals surface area contributed by atoms with Crippen molar-refractivity contribution in [1.82, 2.24) is 0 Å². The quantitative estimate of drug-likeness (QED) is 0.870. The average molecular weight is 259 g/mol. The summed E-state index contributed by atoms with van der Waals surface area (Å²) < 4.78 is 5.70. The number of hydrogen-bond acceptors (Lipinski definition) is 2. The Hall–Kier alpha value is -0.860. The molecule has 0 aliphatic heterocycles. The average Bonchev–Trinajstić information content (AvgIpc) is 2.32. The van der Waals surface area contributed by atoms with Gasteiger partial charge in [-0.1, -0.05) is 30.7 Å². The monoisotopic (exact) mass is 259 g/mol. The Kier molecular flexibility index (Phi) is 3.64. The Bertz CT molecular complexity index is 429. The van der Waals surface area contributed by atoms with Crippen molar-refractivity contribution >= 4 is 0 Å². The first-order valence-corrected chi connectivity index (χ1v) is 7.63. The second-order valence-electron chi connectivity index (χ2n) is 6.35. The zero-order valence-corrected chi connectivity index (χ0v) is 11.9. The van der Waals surface area contributed by atoms with Crippen LogP contribution in [0.3, 0.4) is 0 Å². The molecule has 2 heteroatoms. The van der Waals surface area contributed by atoms with Gasteiger partial charge in [-0.2, -0.15) is 0 Å². The number of rotatable bonds is 5. The van der Waals surface area contributed by atoms with Crippen LogP contribution in [0.25, 0.3) is 0 Å². The van der Waals surface area contributed by atoms with Crippen LogP contribution < -0.4 is 5.73 Å². The molecule has 2 aliphatic carbocycles. The zero-order valence-electron chi connectivity index (χ0n) is 11.9. The molecule has 0 radical (unpaired) electrons. The Morgan fingerprint density at radius 3 is 2.63 bits per heavy atom. The summed E-state index contributed by atoms with van der Waals surface area (Å²) in [6.07, 6.45) is 8.65. The van der Waals surface area contributed by atoms with Crippen molar-refractivity contribution in [3.05, 3.63) is 35.4 Å². The third-order valence-electron chi connectivity index (χ3n) is 5.21. The molecular weight excluding hydrogens is 234 g/mol. The van der Waals surface area contributed by atoms with Crippen LogP contribution in [0.5, 0.6) is 0 Å². The van der Waals surface area contributed by atoms with E-state index in [1.807, 2.05) is 7.11 Å². The molecule has 1 atom stereocenters. The van der Waals surface area contributed by atoms with E-state index in [9.17, 15) is 0 Å². The van der Waals surface area contributed by atoms with Crippen LogP contribution in [-0.2, 0) is 4.74 Å². The van der Waals surface area contributed by atoms with E-state index in [0.29, 0.717) is 0 Å². The van der Waals surface area contributed by atoms with Crippen LogP contribution in [0.2, 0.25) is 0 Å². The van der Waals surface area contributed by atoms with Gasteiger partial charge in [-0.15, -0.1) is 0 Å². The van der Waals surface area contributed by atoms with E-state index in [-0.39, 0.29) is 11.6 Å². The van der Waals surface area contributed by atoms with E-state index in [0.717, 1.165) is 12.3 Å². The minimum atomic E-state index is 0.0614. The van der Waals surface area contributed by atoms with Crippen molar-refractivity contribution in [1.29, 1.82) is 0 Å². The summed E-state index contributed by atoms with van der Waals surface area (Å²) in [7, 11) is 1.83. The highest BCUT2D eigenvalue weighted by Gasteiger charge is 2.38. The van der Waals surface area contributed by atoms with Crippen LogP contribution >= 0.6 is 0 Å². The van der Waals surface area contributed by atoms with Gasteiger partial charge in [-0.05, 0) is 55.6 Å². The molecule has 0 saturated heterocycles. The molecule has 2 fully saturated rings. The van der Waals surface area contributed by atoms with Crippen LogP contribution in [0.4, 0.5) is 0 Å². The van der Waals surface area contributed by atoms with Crippen molar-refractivity contribution in [2.24, 2.45) is 5.73 Å². The fraction of sp³-hybridized carbons (Fsp3) is 0.647. The summed E-state index contributed by atoms with van der Waals surface area (Å²) in [6.45, 7) is 0. The zero-order chi connectivity index (χ0) is 13.3. The second-order valence-corrected chi connectivity index (χ2v) is 6.35. The molecule has 0 aromatic heterocycles. The first-order chi connectivity index (χ1) is 9.22. The van der Waals surface area contributed by atoms with Crippen LogP contribution in [0.15, 0.2) is 24.3 Å². The van der Waals surface area contributed by atoms with Gasteiger partial charge in [0.15, 0.2) is 0 Å². The highest BCUT2D eigenvalue weighted by Crippen LogP contribution is 2.42. The smallest absolute Gasteiger partial charge is 0.0696 e. The van der Waals surface area contributed by atoms with E-state index in [1.165, 1.54) is 49.7 Å². The summed E-state index contributed by atoms with van der Waals surface area (Å²) in [4.78, 5) is 0. The van der Waals surface area contributed by atoms with Crippen LogP contribution in [-0.4, -0.2) is 12.7 Å². The lowest BCUT2D eigenvalue weighted by molar-refractivity contribution is -0.0817. The summed E-state index contributed by atoms with van der Waals surface area (Å²) in [6, 6.07) is 9.05. The molecular formula is C17H25NO. The van der Waals surface area contributed by atoms with Crippen molar-refractivity contribution < 1.29 is 4.74 Å². The topological polar surface area (TPSA) is 35.2 Å². The van der Waals surface area contributed by atoms with E-state index in [4.69, 9.17) is 10.5 Å². The van der Waals surface area contributed by atoms with Crippen molar-refractivity contribution in [2.45, 2.75) is 62.5 Å². The van der Waals surface area contributed by atoms with Crippen LogP contribution in [0, 0.1) is 0 Å². The number of ether oxygens (including phenoxy) is 1. The van der Waals surface area contributed by atoms with Gasteiger partial charge in [0.1, 0.15) is 0 Å². The minimum absolute atomic E-state index is 0.0614. The lowest BCUT2D eigenvalue weighted by atomic mass is 9.74. The number of nitrogens with two attached hydrogens (primary N) is 1. The molecule has 2 saturated carbocycles. The molecule has 1 aromatic carbocycles. The van der Waals surface area contributed by atoms with Crippen LogP contribution in [0.1, 0.15) is 68.0 Å².